The quantitative estimate of drug-likeness (QED) is 0.555. The normalized spacial score (nSPS) is 20.2. The van der Waals surface area contributed by atoms with Gasteiger partial charge < -0.3 is 25.5 Å². The molecule has 0 aliphatic carbocycles. The van der Waals surface area contributed by atoms with Gasteiger partial charge in [-0.3, -0.25) is 9.59 Å². The third kappa shape index (κ3) is 6.21. The summed E-state index contributed by atoms with van der Waals surface area (Å²) in [4.78, 5) is 25.6. The number of β-amino-alcohol motifs (C(OH)–C–C–N with tert-alkyl or cyclic N) is 1. The molecule has 23 heavy (non-hydrogen) atoms. The Labute approximate surface area is 134 Å². The Hall–Kier alpha value is -2.19. The van der Waals surface area contributed by atoms with Gasteiger partial charge in [-0.1, -0.05) is 6.07 Å². The number of pyridine rings is 1. The lowest BCUT2D eigenvalue weighted by Crippen LogP contribution is -2.45. The molecule has 0 radical (unpaired) electrons. The van der Waals surface area contributed by atoms with Crippen molar-refractivity contribution in [2.24, 2.45) is 5.92 Å². The predicted octanol–water partition coefficient (Wildman–Crippen LogP) is -0.402. The van der Waals surface area contributed by atoms with Crippen LogP contribution in [0.1, 0.15) is 18.9 Å². The minimum absolute atomic E-state index is 0.0259. The number of aromatic nitrogens is 1. The first kappa shape index (κ1) is 18.9. The van der Waals surface area contributed by atoms with Gasteiger partial charge in [0.15, 0.2) is 0 Å². The molecule has 2 atom stereocenters. The second-order valence-corrected chi connectivity index (χ2v) is 5.28. The van der Waals surface area contributed by atoms with E-state index in [0.717, 1.165) is 24.3 Å². The van der Waals surface area contributed by atoms with Crippen LogP contribution < -0.4 is 10.2 Å². The number of nitrogens with zero attached hydrogens (tertiary/aromatic N) is 2. The highest BCUT2D eigenvalue weighted by Gasteiger charge is 2.27. The number of rotatable bonds is 4. The molecular weight excluding hydrogens is 302 g/mol. The summed E-state index contributed by atoms with van der Waals surface area (Å²) in [6, 6.07) is 3.81. The summed E-state index contributed by atoms with van der Waals surface area (Å²) in [7, 11) is 0. The molecule has 1 aromatic heterocycles. The Balaban J connectivity index is 0.000000816. The molecule has 8 nitrogen and oxygen atoms in total. The fourth-order valence-electron chi connectivity index (χ4n) is 2.34. The summed E-state index contributed by atoms with van der Waals surface area (Å²) in [5, 5.41) is 28.7. The lowest BCUT2D eigenvalue weighted by molar-refractivity contribution is -0.123. The van der Waals surface area contributed by atoms with Gasteiger partial charge in [-0.25, -0.2) is 4.98 Å². The van der Waals surface area contributed by atoms with Crippen LogP contribution in [0.15, 0.2) is 18.3 Å². The molecule has 1 aromatic rings. The molecule has 128 valence electrons. The molecule has 0 unspecified atom stereocenters. The van der Waals surface area contributed by atoms with Crippen LogP contribution in [0.4, 0.5) is 5.82 Å². The highest BCUT2D eigenvalue weighted by molar-refractivity contribution is 5.72. The molecule has 4 N–H and O–H groups in total. The van der Waals surface area contributed by atoms with E-state index in [1.54, 1.807) is 6.20 Å². The summed E-state index contributed by atoms with van der Waals surface area (Å²) in [5.41, 5.74) is 0.940. The van der Waals surface area contributed by atoms with Crippen LogP contribution in [-0.4, -0.2) is 58.5 Å². The SMILES string of the molecule is CC(=O)NCc1ccc(N2CC[C@H](CO)[C@@H](O)C2)nc1.O=CO. The molecule has 2 heterocycles. The number of piperidine rings is 1. The van der Waals surface area contributed by atoms with Crippen molar-refractivity contribution in [3.05, 3.63) is 23.9 Å². The smallest absolute Gasteiger partial charge is 0.290 e. The molecule has 2 rings (SSSR count). The molecule has 1 aliphatic rings. The van der Waals surface area contributed by atoms with E-state index in [0.29, 0.717) is 13.1 Å². The lowest BCUT2D eigenvalue weighted by Gasteiger charge is -2.35. The first-order valence-electron chi connectivity index (χ1n) is 7.32. The van der Waals surface area contributed by atoms with Crippen molar-refractivity contribution in [3.8, 4) is 0 Å². The van der Waals surface area contributed by atoms with Gasteiger partial charge in [0.2, 0.25) is 5.91 Å². The number of amides is 1. The molecule has 0 bridgehead atoms. The zero-order valence-electron chi connectivity index (χ0n) is 13.1. The molecule has 0 aromatic carbocycles. The molecule has 1 amide bonds. The second-order valence-electron chi connectivity index (χ2n) is 5.28. The van der Waals surface area contributed by atoms with Gasteiger partial charge in [0.25, 0.3) is 6.47 Å². The second kappa shape index (κ2) is 9.75. The standard InChI is InChI=1S/C14H21N3O3.CH2O2/c1-10(19)15-6-11-2-3-14(16-7-11)17-5-4-12(9-18)13(20)8-17;2-1-3/h2-3,7,12-13,18,20H,4-6,8-9H2,1H3,(H,15,19);1H,(H,2,3)/t12-,13+;/m1./s1. The van der Waals surface area contributed by atoms with E-state index >= 15 is 0 Å². The van der Waals surface area contributed by atoms with Gasteiger partial charge in [-0.15, -0.1) is 0 Å². The Kier molecular flexibility index (Phi) is 8.00. The summed E-state index contributed by atoms with van der Waals surface area (Å²) in [6.45, 7) is 2.99. The fourth-order valence-corrected chi connectivity index (χ4v) is 2.34. The Morgan fingerprint density at radius 2 is 2.22 bits per heavy atom. The average molecular weight is 325 g/mol. The number of aliphatic hydroxyl groups is 2. The number of carbonyl (C=O) groups excluding carboxylic acids is 1. The van der Waals surface area contributed by atoms with Crippen molar-refractivity contribution >= 4 is 18.2 Å². The summed E-state index contributed by atoms with van der Waals surface area (Å²) < 4.78 is 0. The van der Waals surface area contributed by atoms with E-state index in [9.17, 15) is 9.90 Å². The number of carboxylic acid groups (broad SMARTS) is 1. The van der Waals surface area contributed by atoms with Crippen molar-refractivity contribution in [3.63, 3.8) is 0 Å². The van der Waals surface area contributed by atoms with Crippen LogP contribution in [0.2, 0.25) is 0 Å². The third-order valence-corrected chi connectivity index (χ3v) is 3.63. The molecule has 0 saturated carbocycles. The summed E-state index contributed by atoms with van der Waals surface area (Å²) in [5.74, 6) is 0.709. The highest BCUT2D eigenvalue weighted by atomic mass is 16.3. The predicted molar refractivity (Wildman–Crippen MR) is 83.9 cm³/mol. The fraction of sp³-hybridized carbons (Fsp3) is 0.533. The monoisotopic (exact) mass is 325 g/mol. The summed E-state index contributed by atoms with van der Waals surface area (Å²) >= 11 is 0. The third-order valence-electron chi connectivity index (χ3n) is 3.63. The van der Waals surface area contributed by atoms with E-state index in [1.165, 1.54) is 6.92 Å². The first-order valence-corrected chi connectivity index (χ1v) is 7.32. The molecule has 1 fully saturated rings. The molecular formula is C15H23N3O5. The van der Waals surface area contributed by atoms with Gasteiger partial charge in [-0.2, -0.15) is 0 Å². The Morgan fingerprint density at radius 3 is 2.70 bits per heavy atom. The number of nitrogens with one attached hydrogen (secondary N) is 1. The number of anilines is 1. The largest absolute Gasteiger partial charge is 0.483 e. The minimum atomic E-state index is -0.519. The van der Waals surface area contributed by atoms with Crippen LogP contribution in [-0.2, 0) is 16.1 Å². The highest BCUT2D eigenvalue weighted by Crippen LogP contribution is 2.22. The maximum absolute atomic E-state index is 10.8. The lowest BCUT2D eigenvalue weighted by atomic mass is 9.95. The van der Waals surface area contributed by atoms with Crippen molar-refractivity contribution in [1.82, 2.24) is 10.3 Å². The van der Waals surface area contributed by atoms with Crippen molar-refractivity contribution < 1.29 is 24.9 Å². The van der Waals surface area contributed by atoms with Gasteiger partial charge in [0.05, 0.1) is 6.10 Å². The summed E-state index contributed by atoms with van der Waals surface area (Å²) in [6.07, 6.45) is 1.97. The van der Waals surface area contributed by atoms with Gasteiger partial charge in [0.1, 0.15) is 5.82 Å². The molecule has 0 spiro atoms. The molecule has 1 aliphatic heterocycles. The maximum atomic E-state index is 10.8. The van der Waals surface area contributed by atoms with E-state index in [4.69, 9.17) is 15.0 Å². The van der Waals surface area contributed by atoms with Crippen molar-refractivity contribution in [2.45, 2.75) is 26.0 Å². The van der Waals surface area contributed by atoms with Crippen molar-refractivity contribution in [2.75, 3.05) is 24.6 Å². The number of aliphatic hydroxyl groups excluding tert-OH is 2. The Bertz CT molecular complexity index is 494. The minimum Gasteiger partial charge on any atom is -0.483 e. The van der Waals surface area contributed by atoms with Gasteiger partial charge in [-0.05, 0) is 18.1 Å². The number of hydrogen-bond acceptors (Lipinski definition) is 6. The molecule has 8 heteroatoms. The average Bonchev–Trinajstić information content (AvgIpc) is 2.54. The van der Waals surface area contributed by atoms with E-state index < -0.39 is 6.10 Å². The van der Waals surface area contributed by atoms with Crippen LogP contribution in [0, 0.1) is 5.92 Å². The van der Waals surface area contributed by atoms with Gasteiger partial charge >= 0.3 is 0 Å². The number of carbonyl (C=O) groups is 2. The van der Waals surface area contributed by atoms with Crippen LogP contribution in [0.5, 0.6) is 0 Å². The zero-order valence-corrected chi connectivity index (χ0v) is 13.1. The van der Waals surface area contributed by atoms with Crippen LogP contribution in [0.25, 0.3) is 0 Å². The first-order chi connectivity index (χ1) is 11.0. The van der Waals surface area contributed by atoms with Crippen LogP contribution >= 0.6 is 0 Å². The molecule has 1 saturated heterocycles. The van der Waals surface area contributed by atoms with Crippen LogP contribution in [0.3, 0.4) is 0 Å². The maximum Gasteiger partial charge on any atom is 0.290 e. The zero-order chi connectivity index (χ0) is 17.2. The van der Waals surface area contributed by atoms with E-state index in [-0.39, 0.29) is 24.9 Å². The topological polar surface area (TPSA) is 123 Å². The Morgan fingerprint density at radius 1 is 1.52 bits per heavy atom. The van der Waals surface area contributed by atoms with Gasteiger partial charge in [0, 0.05) is 45.3 Å². The number of hydrogen-bond donors (Lipinski definition) is 4. The van der Waals surface area contributed by atoms with Crippen molar-refractivity contribution in [1.29, 1.82) is 0 Å². The van der Waals surface area contributed by atoms with E-state index in [1.807, 2.05) is 17.0 Å². The van der Waals surface area contributed by atoms with E-state index in [2.05, 4.69) is 10.3 Å².